The molecule has 2 rings (SSSR count). The number of hydrogen-bond acceptors (Lipinski definition) is 5. The second kappa shape index (κ2) is 5.88. The van der Waals surface area contributed by atoms with Gasteiger partial charge in [0.05, 0.1) is 4.90 Å². The van der Waals surface area contributed by atoms with Gasteiger partial charge in [0.1, 0.15) is 4.21 Å². The van der Waals surface area contributed by atoms with Crippen LogP contribution in [0.3, 0.4) is 0 Å². The monoisotopic (exact) mass is 345 g/mol. The molecule has 0 bridgehead atoms. The normalized spacial score (nSPS) is 14.0. The minimum absolute atomic E-state index is 0.208. The quantitative estimate of drug-likeness (QED) is 0.901. The van der Waals surface area contributed by atoms with Gasteiger partial charge in [-0.1, -0.05) is 18.2 Å². The molecule has 114 valence electrons. The van der Waals surface area contributed by atoms with Gasteiger partial charge in [-0.3, -0.25) is 0 Å². The van der Waals surface area contributed by atoms with Gasteiger partial charge in [0.2, 0.25) is 0 Å². The smallest absolute Gasteiger partial charge is 0.224 e. The van der Waals surface area contributed by atoms with Crippen LogP contribution in [0.15, 0.2) is 50.9 Å². The summed E-state index contributed by atoms with van der Waals surface area (Å²) < 4.78 is 49.8. The number of benzene rings is 1. The van der Waals surface area contributed by atoms with E-state index in [9.17, 15) is 16.8 Å². The van der Waals surface area contributed by atoms with E-state index < -0.39 is 25.9 Å². The fourth-order valence-electron chi connectivity index (χ4n) is 1.78. The van der Waals surface area contributed by atoms with E-state index in [-0.39, 0.29) is 9.10 Å². The van der Waals surface area contributed by atoms with Gasteiger partial charge in [-0.25, -0.2) is 21.6 Å². The first-order valence-electron chi connectivity index (χ1n) is 6.06. The first kappa shape index (κ1) is 16.2. The Hall–Kier alpha value is -1.22. The van der Waals surface area contributed by atoms with E-state index in [1.807, 2.05) is 0 Å². The summed E-state index contributed by atoms with van der Waals surface area (Å²) in [6.45, 7) is 1.71. The molecule has 0 aliphatic heterocycles. The molecule has 0 saturated carbocycles. The number of sulfonamides is 1. The third kappa shape index (κ3) is 3.91. The predicted octanol–water partition coefficient (Wildman–Crippen LogP) is 2.19. The maximum atomic E-state index is 12.1. The topological polar surface area (TPSA) is 80.3 Å². The third-order valence-electron chi connectivity index (χ3n) is 2.90. The Kier molecular flexibility index (Phi) is 4.52. The molecule has 1 unspecified atom stereocenters. The lowest BCUT2D eigenvalue weighted by molar-refractivity contribution is 0.568. The molecule has 5 nitrogen and oxygen atoms in total. The van der Waals surface area contributed by atoms with Gasteiger partial charge in [-0.05, 0) is 36.1 Å². The number of sulfone groups is 1. The van der Waals surface area contributed by atoms with Crippen molar-refractivity contribution in [2.45, 2.75) is 22.1 Å². The predicted molar refractivity (Wildman–Crippen MR) is 82.6 cm³/mol. The molecule has 0 aliphatic carbocycles. The molecular formula is C13H15NO4S3. The number of rotatable bonds is 5. The minimum atomic E-state index is -3.55. The number of nitrogens with one attached hydrogen (secondary N) is 1. The van der Waals surface area contributed by atoms with E-state index >= 15 is 0 Å². The Bertz CT molecular complexity index is 807. The largest absolute Gasteiger partial charge is 0.250 e. The van der Waals surface area contributed by atoms with Gasteiger partial charge in [-0.15, -0.1) is 11.3 Å². The second-order valence-corrected chi connectivity index (χ2v) is 9.52. The van der Waals surface area contributed by atoms with Gasteiger partial charge in [-0.2, -0.15) is 0 Å². The summed E-state index contributed by atoms with van der Waals surface area (Å²) >= 11 is 1.14. The van der Waals surface area contributed by atoms with Crippen molar-refractivity contribution in [3.8, 4) is 0 Å². The van der Waals surface area contributed by atoms with Crippen LogP contribution < -0.4 is 4.72 Å². The molecular weight excluding hydrogens is 330 g/mol. The van der Waals surface area contributed by atoms with E-state index in [1.54, 1.807) is 30.5 Å². The van der Waals surface area contributed by atoms with Crippen LogP contribution in [0.4, 0.5) is 0 Å². The molecule has 8 heteroatoms. The van der Waals surface area contributed by atoms with Crippen molar-refractivity contribution in [2.24, 2.45) is 0 Å². The summed E-state index contributed by atoms with van der Waals surface area (Å²) in [4.78, 5) is 0.208. The van der Waals surface area contributed by atoms with Crippen LogP contribution >= 0.6 is 11.3 Å². The summed E-state index contributed by atoms with van der Waals surface area (Å²) in [5.41, 5.74) is 0.697. The zero-order valence-electron chi connectivity index (χ0n) is 11.5. The van der Waals surface area contributed by atoms with Crippen LogP contribution in [0.2, 0.25) is 0 Å². The second-order valence-electron chi connectivity index (χ2n) is 4.62. The van der Waals surface area contributed by atoms with Crippen molar-refractivity contribution >= 4 is 31.2 Å². The summed E-state index contributed by atoms with van der Waals surface area (Å²) in [7, 11) is -6.81. The Balaban J connectivity index is 2.20. The van der Waals surface area contributed by atoms with Gasteiger partial charge >= 0.3 is 0 Å². The van der Waals surface area contributed by atoms with Gasteiger partial charge in [0, 0.05) is 12.3 Å². The molecule has 1 aromatic heterocycles. The van der Waals surface area contributed by atoms with Crippen molar-refractivity contribution in [2.75, 3.05) is 6.26 Å². The highest BCUT2D eigenvalue weighted by Crippen LogP contribution is 2.21. The molecule has 0 amide bonds. The minimum Gasteiger partial charge on any atom is -0.224 e. The number of hydrogen-bond donors (Lipinski definition) is 1. The van der Waals surface area contributed by atoms with Crippen LogP contribution in [0.1, 0.15) is 18.5 Å². The highest BCUT2D eigenvalue weighted by Gasteiger charge is 2.19. The standard InChI is InChI=1S/C13H15NO4S3/c1-10(14-21(17,18)13-4-3-9-19-13)11-5-7-12(8-6-11)20(2,15)16/h3-10,14H,1-2H3. The van der Waals surface area contributed by atoms with E-state index in [0.717, 1.165) is 17.6 Å². The average Bonchev–Trinajstić information content (AvgIpc) is 2.92. The van der Waals surface area contributed by atoms with Crippen molar-refractivity contribution < 1.29 is 16.8 Å². The lowest BCUT2D eigenvalue weighted by Crippen LogP contribution is -2.26. The van der Waals surface area contributed by atoms with Gasteiger partial charge < -0.3 is 0 Å². The van der Waals surface area contributed by atoms with E-state index in [0.29, 0.717) is 5.56 Å². The molecule has 1 atom stereocenters. The Morgan fingerprint density at radius 2 is 1.67 bits per heavy atom. The van der Waals surface area contributed by atoms with Crippen molar-refractivity contribution in [3.63, 3.8) is 0 Å². The lowest BCUT2D eigenvalue weighted by Gasteiger charge is -2.14. The van der Waals surface area contributed by atoms with Crippen LogP contribution in [-0.4, -0.2) is 23.1 Å². The molecule has 21 heavy (non-hydrogen) atoms. The Labute approximate surface area is 128 Å². The average molecular weight is 345 g/mol. The van der Waals surface area contributed by atoms with E-state index in [1.165, 1.54) is 18.2 Å². The van der Waals surface area contributed by atoms with Crippen molar-refractivity contribution in [1.82, 2.24) is 4.72 Å². The summed E-state index contributed by atoms with van der Waals surface area (Å²) in [6, 6.07) is 8.92. The SMILES string of the molecule is CC(NS(=O)(=O)c1cccs1)c1ccc(S(C)(=O)=O)cc1. The molecule has 1 heterocycles. The molecule has 0 aliphatic rings. The van der Waals surface area contributed by atoms with Crippen LogP contribution in [0.5, 0.6) is 0 Å². The molecule has 1 N–H and O–H groups in total. The van der Waals surface area contributed by atoms with Crippen molar-refractivity contribution in [3.05, 3.63) is 47.3 Å². The summed E-state index contributed by atoms with van der Waals surface area (Å²) in [5, 5.41) is 1.69. The van der Waals surface area contributed by atoms with E-state index in [4.69, 9.17) is 0 Å². The molecule has 0 radical (unpaired) electrons. The van der Waals surface area contributed by atoms with Gasteiger partial charge in [0.25, 0.3) is 10.0 Å². The van der Waals surface area contributed by atoms with Crippen LogP contribution in [-0.2, 0) is 19.9 Å². The van der Waals surface area contributed by atoms with Crippen LogP contribution in [0.25, 0.3) is 0 Å². The molecule has 0 saturated heterocycles. The maximum Gasteiger partial charge on any atom is 0.250 e. The Morgan fingerprint density at radius 3 is 2.14 bits per heavy atom. The number of thiophene rings is 1. The highest BCUT2D eigenvalue weighted by molar-refractivity contribution is 7.91. The summed E-state index contributed by atoms with van der Waals surface area (Å²) in [5.74, 6) is 0. The maximum absolute atomic E-state index is 12.1. The summed E-state index contributed by atoms with van der Waals surface area (Å²) in [6.07, 6.45) is 1.13. The lowest BCUT2D eigenvalue weighted by atomic mass is 10.1. The molecule has 0 spiro atoms. The van der Waals surface area contributed by atoms with Gasteiger partial charge in [0.15, 0.2) is 9.84 Å². The van der Waals surface area contributed by atoms with Crippen LogP contribution in [0, 0.1) is 0 Å². The zero-order chi connectivity index (χ0) is 15.7. The third-order valence-corrected chi connectivity index (χ3v) is 6.97. The molecule has 2 aromatic rings. The fourth-order valence-corrected chi connectivity index (χ4v) is 4.65. The molecule has 0 fully saturated rings. The first-order valence-corrected chi connectivity index (χ1v) is 10.3. The Morgan fingerprint density at radius 1 is 1.05 bits per heavy atom. The van der Waals surface area contributed by atoms with Crippen molar-refractivity contribution in [1.29, 1.82) is 0 Å². The first-order chi connectivity index (χ1) is 9.70. The molecule has 1 aromatic carbocycles. The zero-order valence-corrected chi connectivity index (χ0v) is 13.9. The fraction of sp³-hybridized carbons (Fsp3) is 0.231. The highest BCUT2D eigenvalue weighted by atomic mass is 32.2. The van der Waals surface area contributed by atoms with E-state index in [2.05, 4.69) is 4.72 Å².